The molecule has 2 aromatic rings. The number of benzene rings is 1. The summed E-state index contributed by atoms with van der Waals surface area (Å²) in [6.45, 7) is 5.51. The summed E-state index contributed by atoms with van der Waals surface area (Å²) in [5.41, 5.74) is 2.27. The van der Waals surface area contributed by atoms with Gasteiger partial charge in [0.15, 0.2) is 0 Å². The van der Waals surface area contributed by atoms with E-state index in [0.29, 0.717) is 12.1 Å². The number of rotatable bonds is 6. The highest BCUT2D eigenvalue weighted by molar-refractivity contribution is 5.85. The fourth-order valence-electron chi connectivity index (χ4n) is 3.31. The highest BCUT2D eigenvalue weighted by Crippen LogP contribution is 2.29. The maximum absolute atomic E-state index is 6.27. The van der Waals surface area contributed by atoms with Crippen molar-refractivity contribution in [2.24, 2.45) is 0 Å². The molecule has 23 heavy (non-hydrogen) atoms. The highest BCUT2D eigenvalue weighted by Gasteiger charge is 2.22. The van der Waals surface area contributed by atoms with Crippen LogP contribution in [0.3, 0.4) is 0 Å². The number of nitrogens with one attached hydrogen (secondary N) is 2. The van der Waals surface area contributed by atoms with E-state index >= 15 is 0 Å². The Kier molecular flexibility index (Phi) is 6.72. The van der Waals surface area contributed by atoms with Crippen LogP contribution < -0.4 is 10.1 Å². The van der Waals surface area contributed by atoms with Crippen molar-refractivity contribution >= 4 is 23.3 Å². The van der Waals surface area contributed by atoms with Gasteiger partial charge in [-0.05, 0) is 57.7 Å². The molecule has 1 aromatic heterocycles. The second-order valence-electron chi connectivity index (χ2n) is 6.42. The predicted molar refractivity (Wildman–Crippen MR) is 97.7 cm³/mol. The first kappa shape index (κ1) is 18.1. The first-order chi connectivity index (χ1) is 10.8. The highest BCUT2D eigenvalue weighted by atomic mass is 35.5. The summed E-state index contributed by atoms with van der Waals surface area (Å²) in [5, 5.41) is 11.9. The number of unbranched alkanes of at least 4 members (excludes halogenated alkanes) is 1. The number of aryl methyl sites for hydroxylation is 1. The number of hydrogen-bond donors (Lipinski definition) is 2. The Bertz CT molecular complexity index is 605. The third kappa shape index (κ3) is 4.39. The fourth-order valence-corrected chi connectivity index (χ4v) is 3.31. The minimum absolute atomic E-state index is 0. The first-order valence-corrected chi connectivity index (χ1v) is 8.60. The van der Waals surface area contributed by atoms with Crippen molar-refractivity contribution in [2.75, 3.05) is 6.54 Å². The largest absolute Gasteiger partial charge is 0.490 e. The molecule has 1 heterocycles. The Balaban J connectivity index is 0.00000192. The van der Waals surface area contributed by atoms with Gasteiger partial charge in [0, 0.05) is 17.0 Å². The van der Waals surface area contributed by atoms with Crippen LogP contribution in [0.4, 0.5) is 0 Å². The first-order valence-electron chi connectivity index (χ1n) is 8.60. The van der Waals surface area contributed by atoms with Gasteiger partial charge in [-0.15, -0.1) is 12.4 Å². The monoisotopic (exact) mass is 337 g/mol. The lowest BCUT2D eigenvalue weighted by Crippen LogP contribution is -2.36. The Morgan fingerprint density at radius 2 is 2.04 bits per heavy atom. The molecule has 0 radical (unpaired) electrons. The van der Waals surface area contributed by atoms with E-state index in [1.54, 1.807) is 0 Å². The molecule has 1 aliphatic carbocycles. The van der Waals surface area contributed by atoms with Crippen molar-refractivity contribution in [1.82, 2.24) is 15.5 Å². The van der Waals surface area contributed by atoms with Gasteiger partial charge in [0.25, 0.3) is 0 Å². The molecule has 0 saturated heterocycles. The van der Waals surface area contributed by atoms with Gasteiger partial charge in [0.1, 0.15) is 5.75 Å². The van der Waals surface area contributed by atoms with Gasteiger partial charge in [-0.3, -0.25) is 5.10 Å². The topological polar surface area (TPSA) is 49.9 Å². The van der Waals surface area contributed by atoms with Crippen LogP contribution in [0.1, 0.15) is 51.0 Å². The van der Waals surface area contributed by atoms with Crippen LogP contribution in [0, 0.1) is 6.92 Å². The minimum atomic E-state index is 0. The van der Waals surface area contributed by atoms with Gasteiger partial charge < -0.3 is 10.1 Å². The number of H-pyrrole nitrogens is 1. The molecule has 0 spiro atoms. The Labute approximate surface area is 144 Å². The van der Waals surface area contributed by atoms with Crippen LogP contribution in [0.25, 0.3) is 10.9 Å². The summed E-state index contributed by atoms with van der Waals surface area (Å²) in [6.07, 6.45) is 9.52. The van der Waals surface area contributed by atoms with Gasteiger partial charge in [0.2, 0.25) is 0 Å². The van der Waals surface area contributed by atoms with Gasteiger partial charge in [-0.1, -0.05) is 13.3 Å². The van der Waals surface area contributed by atoms with Crippen molar-refractivity contribution < 1.29 is 4.74 Å². The summed E-state index contributed by atoms with van der Waals surface area (Å²) in [7, 11) is 0. The Morgan fingerprint density at radius 1 is 1.26 bits per heavy atom. The summed E-state index contributed by atoms with van der Waals surface area (Å²) >= 11 is 0. The van der Waals surface area contributed by atoms with Crippen LogP contribution >= 0.6 is 12.4 Å². The van der Waals surface area contributed by atoms with E-state index < -0.39 is 0 Å². The normalized spacial score (nSPS) is 21.1. The van der Waals surface area contributed by atoms with Crippen molar-refractivity contribution in [3.05, 3.63) is 23.9 Å². The number of aromatic amines is 1. The van der Waals surface area contributed by atoms with Crippen LogP contribution in [0.2, 0.25) is 0 Å². The van der Waals surface area contributed by atoms with Gasteiger partial charge in [0.05, 0.1) is 17.8 Å². The van der Waals surface area contributed by atoms with Gasteiger partial charge in [-0.25, -0.2) is 0 Å². The van der Waals surface area contributed by atoms with E-state index in [1.807, 2.05) is 6.20 Å². The van der Waals surface area contributed by atoms with E-state index in [4.69, 9.17) is 4.74 Å². The molecule has 1 aliphatic rings. The van der Waals surface area contributed by atoms with E-state index in [2.05, 4.69) is 41.5 Å². The molecule has 4 nitrogen and oxygen atoms in total. The number of aromatic nitrogens is 2. The molecular weight excluding hydrogens is 310 g/mol. The summed E-state index contributed by atoms with van der Waals surface area (Å²) < 4.78 is 6.27. The number of ether oxygens (including phenoxy) is 1. The van der Waals surface area contributed by atoms with Crippen molar-refractivity contribution in [2.45, 2.75) is 64.5 Å². The molecule has 0 amide bonds. The summed E-state index contributed by atoms with van der Waals surface area (Å²) in [5.74, 6) is 1.01. The van der Waals surface area contributed by atoms with Crippen LogP contribution in [0.15, 0.2) is 18.3 Å². The fraction of sp³-hybridized carbons (Fsp3) is 0.611. The molecule has 0 unspecified atom stereocenters. The Hall–Kier alpha value is -1.26. The molecular formula is C18H28ClN3O. The molecule has 1 saturated carbocycles. The van der Waals surface area contributed by atoms with E-state index in [-0.39, 0.29) is 12.4 Å². The van der Waals surface area contributed by atoms with Crippen LogP contribution in [-0.4, -0.2) is 28.9 Å². The van der Waals surface area contributed by atoms with E-state index in [1.165, 1.54) is 31.2 Å². The zero-order valence-electron chi connectivity index (χ0n) is 14.1. The van der Waals surface area contributed by atoms with Gasteiger partial charge in [-0.2, -0.15) is 5.10 Å². The van der Waals surface area contributed by atoms with Crippen LogP contribution in [0.5, 0.6) is 5.75 Å². The molecule has 1 aromatic carbocycles. The SMILES string of the molecule is CCCCN[C@H]1CC[C@H](Oc2ccc3[nH]ncc3c2C)CC1.Cl. The second-order valence-corrected chi connectivity index (χ2v) is 6.42. The van der Waals surface area contributed by atoms with Crippen molar-refractivity contribution in [3.63, 3.8) is 0 Å². The van der Waals surface area contributed by atoms with E-state index in [0.717, 1.165) is 36.0 Å². The quantitative estimate of drug-likeness (QED) is 0.769. The Morgan fingerprint density at radius 3 is 2.78 bits per heavy atom. The minimum Gasteiger partial charge on any atom is -0.490 e. The molecule has 128 valence electrons. The third-order valence-corrected chi connectivity index (χ3v) is 4.77. The predicted octanol–water partition coefficient (Wildman–Crippen LogP) is 4.37. The molecule has 5 heteroatoms. The lowest BCUT2D eigenvalue weighted by atomic mass is 9.92. The lowest BCUT2D eigenvalue weighted by molar-refractivity contribution is 0.139. The molecule has 1 fully saturated rings. The average molecular weight is 338 g/mol. The maximum Gasteiger partial charge on any atom is 0.123 e. The maximum atomic E-state index is 6.27. The molecule has 2 N–H and O–H groups in total. The number of hydrogen-bond acceptors (Lipinski definition) is 3. The summed E-state index contributed by atoms with van der Waals surface area (Å²) in [6, 6.07) is 4.81. The van der Waals surface area contributed by atoms with Crippen molar-refractivity contribution in [3.8, 4) is 5.75 Å². The standard InChI is InChI=1S/C18H27N3O.ClH/c1-3-4-11-19-14-5-7-15(8-6-14)22-18-10-9-17-16(13(18)2)12-20-21-17;/h9-10,12,14-15,19H,3-8,11H2,1-2H3,(H,20,21);1H/t14-,15-;. The zero-order chi connectivity index (χ0) is 15.4. The molecule has 0 atom stereocenters. The third-order valence-electron chi connectivity index (χ3n) is 4.77. The van der Waals surface area contributed by atoms with Gasteiger partial charge >= 0.3 is 0 Å². The molecule has 3 rings (SSSR count). The van der Waals surface area contributed by atoms with E-state index in [9.17, 15) is 0 Å². The van der Waals surface area contributed by atoms with Crippen LogP contribution in [-0.2, 0) is 0 Å². The molecule has 0 bridgehead atoms. The summed E-state index contributed by atoms with van der Waals surface area (Å²) in [4.78, 5) is 0. The smallest absolute Gasteiger partial charge is 0.123 e. The molecule has 0 aliphatic heterocycles. The second kappa shape index (κ2) is 8.55. The van der Waals surface area contributed by atoms with Crippen molar-refractivity contribution in [1.29, 1.82) is 0 Å². The number of fused-ring (bicyclic) bond motifs is 1. The number of nitrogens with zero attached hydrogens (tertiary/aromatic N) is 1. The lowest BCUT2D eigenvalue weighted by Gasteiger charge is -2.30. The zero-order valence-corrected chi connectivity index (χ0v) is 14.9. The average Bonchev–Trinajstić information content (AvgIpc) is 3.01. The number of halogens is 1.